The van der Waals surface area contributed by atoms with Crippen LogP contribution in [-0.4, -0.2) is 32.1 Å². The first-order valence-electron chi connectivity index (χ1n) is 8.31. The number of rotatable bonds is 2. The summed E-state index contributed by atoms with van der Waals surface area (Å²) in [7, 11) is 0. The van der Waals surface area contributed by atoms with Gasteiger partial charge in [-0.1, -0.05) is 41.9 Å². The topological polar surface area (TPSA) is 51.0 Å². The highest BCUT2D eigenvalue weighted by Gasteiger charge is 2.32. The van der Waals surface area contributed by atoms with Crippen LogP contribution in [0, 0.1) is 5.82 Å². The highest BCUT2D eigenvalue weighted by Crippen LogP contribution is 2.28. The summed E-state index contributed by atoms with van der Waals surface area (Å²) in [5, 5.41) is 4.81. The van der Waals surface area contributed by atoms with Gasteiger partial charge in [-0.15, -0.1) is 0 Å². The van der Waals surface area contributed by atoms with Crippen molar-refractivity contribution in [3.63, 3.8) is 0 Å². The van der Waals surface area contributed by atoms with E-state index in [1.807, 2.05) is 41.9 Å². The van der Waals surface area contributed by atoms with Crippen molar-refractivity contribution in [1.82, 2.24) is 19.7 Å². The summed E-state index contributed by atoms with van der Waals surface area (Å²) in [5.41, 5.74) is 0.931. The second-order valence-corrected chi connectivity index (χ2v) is 6.62. The minimum absolute atomic E-state index is 0.0116. The molecule has 5 nitrogen and oxygen atoms in total. The van der Waals surface area contributed by atoms with Crippen LogP contribution in [0.5, 0.6) is 0 Å². The third kappa shape index (κ3) is 2.86. The molecule has 0 N–H and O–H groups in total. The molecule has 3 aromatic rings. The molecule has 2 heterocycles. The minimum Gasteiger partial charge on any atom is -0.327 e. The summed E-state index contributed by atoms with van der Waals surface area (Å²) >= 11 is 5.78. The van der Waals surface area contributed by atoms with Crippen LogP contribution in [-0.2, 0) is 6.54 Å². The number of amides is 1. The predicted octanol–water partition coefficient (Wildman–Crippen LogP) is 3.95. The fourth-order valence-electron chi connectivity index (χ4n) is 3.17. The Morgan fingerprint density at radius 1 is 1.19 bits per heavy atom. The summed E-state index contributed by atoms with van der Waals surface area (Å²) in [5.74, 6) is 0.325. The summed E-state index contributed by atoms with van der Waals surface area (Å²) in [6.45, 7) is 2.83. The molecule has 1 atom stereocenters. The summed E-state index contributed by atoms with van der Waals surface area (Å²) in [4.78, 5) is 19.0. The Morgan fingerprint density at radius 2 is 1.96 bits per heavy atom. The standard InChI is InChI=1S/C19H16ClFN4O/c1-12-18-22-17(13-5-3-2-4-6-13)23-25(18)10-9-24(12)19(26)15-8-7-14(20)11-16(15)21/h2-8,11-12H,9-10H2,1H3/t12-/m0/s1. The molecule has 0 fully saturated rings. The van der Waals surface area contributed by atoms with E-state index < -0.39 is 5.82 Å². The lowest BCUT2D eigenvalue weighted by Gasteiger charge is -2.33. The zero-order chi connectivity index (χ0) is 18.3. The van der Waals surface area contributed by atoms with Gasteiger partial charge in [0.25, 0.3) is 5.91 Å². The second-order valence-electron chi connectivity index (χ2n) is 6.18. The van der Waals surface area contributed by atoms with E-state index in [-0.39, 0.29) is 22.5 Å². The highest BCUT2D eigenvalue weighted by molar-refractivity contribution is 6.30. The highest BCUT2D eigenvalue weighted by atomic mass is 35.5. The van der Waals surface area contributed by atoms with Crippen molar-refractivity contribution in [2.24, 2.45) is 0 Å². The van der Waals surface area contributed by atoms with Crippen LogP contribution < -0.4 is 0 Å². The van der Waals surface area contributed by atoms with Crippen molar-refractivity contribution in [2.75, 3.05) is 6.54 Å². The first kappa shape index (κ1) is 16.7. The van der Waals surface area contributed by atoms with Crippen molar-refractivity contribution in [3.8, 4) is 11.4 Å². The Labute approximate surface area is 155 Å². The quantitative estimate of drug-likeness (QED) is 0.686. The van der Waals surface area contributed by atoms with Crippen LogP contribution in [0.25, 0.3) is 11.4 Å². The van der Waals surface area contributed by atoms with Gasteiger partial charge in [-0.25, -0.2) is 14.1 Å². The molecule has 0 bridgehead atoms. The molecule has 0 saturated heterocycles. The van der Waals surface area contributed by atoms with E-state index in [4.69, 9.17) is 11.6 Å². The first-order valence-corrected chi connectivity index (χ1v) is 8.68. The Balaban J connectivity index is 1.65. The van der Waals surface area contributed by atoms with E-state index in [2.05, 4.69) is 10.1 Å². The number of benzene rings is 2. The fourth-order valence-corrected chi connectivity index (χ4v) is 3.33. The molecular formula is C19H16ClFN4O. The normalized spacial score (nSPS) is 16.4. The van der Waals surface area contributed by atoms with Crippen LogP contribution in [0.2, 0.25) is 5.02 Å². The van der Waals surface area contributed by atoms with E-state index in [1.54, 1.807) is 4.90 Å². The van der Waals surface area contributed by atoms with Gasteiger partial charge >= 0.3 is 0 Å². The zero-order valence-corrected chi connectivity index (χ0v) is 14.8. The van der Waals surface area contributed by atoms with Crippen LogP contribution >= 0.6 is 11.6 Å². The molecule has 7 heteroatoms. The maximum Gasteiger partial charge on any atom is 0.257 e. The molecule has 2 aromatic carbocycles. The number of nitrogens with zero attached hydrogens (tertiary/aromatic N) is 4. The third-order valence-corrected chi connectivity index (χ3v) is 4.78. The van der Waals surface area contributed by atoms with Gasteiger partial charge in [-0.2, -0.15) is 5.10 Å². The van der Waals surface area contributed by atoms with Crippen molar-refractivity contribution in [3.05, 3.63) is 70.8 Å². The van der Waals surface area contributed by atoms with Crippen molar-refractivity contribution < 1.29 is 9.18 Å². The Hall–Kier alpha value is -2.73. The number of carbonyl (C=O) groups is 1. The number of halogens is 2. The SMILES string of the molecule is C[C@H]1c2nc(-c3ccccc3)nn2CCN1C(=O)c1ccc(Cl)cc1F. The molecule has 1 aliphatic heterocycles. The Kier molecular flexibility index (Phi) is 4.20. The number of hydrogen-bond donors (Lipinski definition) is 0. The van der Waals surface area contributed by atoms with E-state index in [0.717, 1.165) is 11.6 Å². The van der Waals surface area contributed by atoms with Gasteiger partial charge in [0.2, 0.25) is 0 Å². The van der Waals surface area contributed by atoms with Gasteiger partial charge in [-0.3, -0.25) is 4.79 Å². The summed E-state index contributed by atoms with van der Waals surface area (Å²) < 4.78 is 16.0. The number of fused-ring (bicyclic) bond motifs is 1. The predicted molar refractivity (Wildman–Crippen MR) is 96.3 cm³/mol. The Bertz CT molecular complexity index is 973. The molecule has 0 unspecified atom stereocenters. The van der Waals surface area contributed by atoms with Crippen molar-refractivity contribution in [1.29, 1.82) is 0 Å². The van der Waals surface area contributed by atoms with E-state index in [1.165, 1.54) is 12.1 Å². The van der Waals surface area contributed by atoms with Crippen molar-refractivity contribution >= 4 is 17.5 Å². The van der Waals surface area contributed by atoms with Crippen LogP contribution in [0.3, 0.4) is 0 Å². The average Bonchev–Trinajstić information content (AvgIpc) is 3.08. The van der Waals surface area contributed by atoms with E-state index in [9.17, 15) is 9.18 Å². The maximum atomic E-state index is 14.1. The average molecular weight is 371 g/mol. The molecule has 0 saturated carbocycles. The molecule has 0 spiro atoms. The molecule has 26 heavy (non-hydrogen) atoms. The summed E-state index contributed by atoms with van der Waals surface area (Å²) in [6.07, 6.45) is 0. The molecule has 0 aliphatic carbocycles. The van der Waals surface area contributed by atoms with Gasteiger partial charge in [0.15, 0.2) is 5.82 Å². The van der Waals surface area contributed by atoms with Gasteiger partial charge in [-0.05, 0) is 25.1 Å². The van der Waals surface area contributed by atoms with Crippen molar-refractivity contribution in [2.45, 2.75) is 19.5 Å². The lowest BCUT2D eigenvalue weighted by atomic mass is 10.1. The lowest BCUT2D eigenvalue weighted by molar-refractivity contribution is 0.0626. The molecule has 1 aliphatic rings. The largest absolute Gasteiger partial charge is 0.327 e. The molecule has 1 aromatic heterocycles. The first-order chi connectivity index (χ1) is 12.5. The summed E-state index contributed by atoms with van der Waals surface area (Å²) in [6, 6.07) is 13.5. The second kappa shape index (κ2) is 6.53. The molecule has 132 valence electrons. The van der Waals surface area contributed by atoms with E-state index in [0.29, 0.717) is 24.7 Å². The smallest absolute Gasteiger partial charge is 0.257 e. The third-order valence-electron chi connectivity index (χ3n) is 4.55. The monoisotopic (exact) mass is 370 g/mol. The molecule has 4 rings (SSSR count). The van der Waals surface area contributed by atoms with Gasteiger partial charge in [0, 0.05) is 17.1 Å². The number of aromatic nitrogens is 3. The van der Waals surface area contributed by atoms with Crippen LogP contribution in [0.15, 0.2) is 48.5 Å². The molecule has 0 radical (unpaired) electrons. The Morgan fingerprint density at radius 3 is 2.69 bits per heavy atom. The van der Waals surface area contributed by atoms with Crippen LogP contribution in [0.1, 0.15) is 29.1 Å². The number of hydrogen-bond acceptors (Lipinski definition) is 3. The zero-order valence-electron chi connectivity index (χ0n) is 14.1. The van der Waals surface area contributed by atoms with Gasteiger partial charge < -0.3 is 4.90 Å². The lowest BCUT2D eigenvalue weighted by Crippen LogP contribution is -2.41. The van der Waals surface area contributed by atoms with Gasteiger partial charge in [0.05, 0.1) is 18.2 Å². The molecular weight excluding hydrogens is 355 g/mol. The molecule has 1 amide bonds. The number of carbonyl (C=O) groups excluding carboxylic acids is 1. The maximum absolute atomic E-state index is 14.1. The van der Waals surface area contributed by atoms with E-state index >= 15 is 0 Å². The minimum atomic E-state index is -0.619. The van der Waals surface area contributed by atoms with Crippen LogP contribution in [0.4, 0.5) is 4.39 Å². The fraction of sp³-hybridized carbons (Fsp3) is 0.211. The van der Waals surface area contributed by atoms with Gasteiger partial charge in [0.1, 0.15) is 11.6 Å².